The maximum Gasteiger partial charge on any atom is 0.266 e. The number of carbonyl (C=O) groups is 1. The third-order valence-electron chi connectivity index (χ3n) is 5.05. The molecule has 168 valence electrons. The van der Waals surface area contributed by atoms with Crippen LogP contribution in [0.2, 0.25) is 15.2 Å². The topological polar surface area (TPSA) is 105 Å². The number of halogens is 4. The van der Waals surface area contributed by atoms with Crippen LogP contribution >= 0.6 is 34.8 Å². The van der Waals surface area contributed by atoms with E-state index in [9.17, 15) is 17.6 Å². The van der Waals surface area contributed by atoms with Crippen LogP contribution in [0.15, 0.2) is 40.1 Å². The first-order chi connectivity index (χ1) is 14.9. The van der Waals surface area contributed by atoms with Crippen LogP contribution in [0.4, 0.5) is 15.9 Å². The molecule has 1 aliphatic heterocycles. The fourth-order valence-electron chi connectivity index (χ4n) is 3.49. The van der Waals surface area contributed by atoms with Crippen molar-refractivity contribution in [2.45, 2.75) is 30.7 Å². The van der Waals surface area contributed by atoms with Crippen LogP contribution in [0.3, 0.4) is 0 Å². The van der Waals surface area contributed by atoms with Crippen LogP contribution in [0.5, 0.6) is 0 Å². The summed E-state index contributed by atoms with van der Waals surface area (Å²) in [6.07, 6.45) is 2.56. The summed E-state index contributed by atoms with van der Waals surface area (Å²) in [5.74, 6) is -1.49. The number of hydrogen-bond acceptors (Lipinski definition) is 6. The second kappa shape index (κ2) is 7.87. The van der Waals surface area contributed by atoms with Crippen LogP contribution in [-0.4, -0.2) is 24.5 Å². The third kappa shape index (κ3) is 3.71. The molecule has 0 fully saturated rings. The molecule has 1 aromatic carbocycles. The van der Waals surface area contributed by atoms with E-state index in [-0.39, 0.29) is 39.0 Å². The first-order valence-electron chi connectivity index (χ1n) is 9.01. The van der Waals surface area contributed by atoms with Crippen molar-refractivity contribution in [3.8, 4) is 0 Å². The van der Waals surface area contributed by atoms with Crippen molar-refractivity contribution in [3.05, 3.63) is 62.8 Å². The number of rotatable bonds is 5. The number of benzene rings is 1. The lowest BCUT2D eigenvalue weighted by Crippen LogP contribution is -2.36. The lowest BCUT2D eigenvalue weighted by Gasteiger charge is -2.21. The molecule has 0 saturated carbocycles. The molecule has 4 rings (SSSR count). The van der Waals surface area contributed by atoms with E-state index in [2.05, 4.69) is 19.4 Å². The molecule has 0 saturated heterocycles. The Hall–Kier alpha value is -2.40. The molecule has 0 aliphatic carbocycles. The molecule has 2 aromatic heterocycles. The Bertz CT molecular complexity index is 1350. The summed E-state index contributed by atoms with van der Waals surface area (Å²) in [4.78, 5) is 17.8. The highest BCUT2D eigenvalue weighted by Crippen LogP contribution is 2.47. The third-order valence-corrected chi connectivity index (χ3v) is 7.52. The number of amides is 1. The Morgan fingerprint density at radius 1 is 1.25 bits per heavy atom. The van der Waals surface area contributed by atoms with Gasteiger partial charge in [-0.1, -0.05) is 40.0 Å². The second-order valence-corrected chi connectivity index (χ2v) is 10.3. The van der Waals surface area contributed by atoms with E-state index in [1.165, 1.54) is 17.2 Å². The van der Waals surface area contributed by atoms with Crippen molar-refractivity contribution in [3.63, 3.8) is 0 Å². The number of carbonyl (C=O) groups excluding carboxylic acids is 1. The highest BCUT2D eigenvalue weighted by Gasteiger charge is 2.46. The van der Waals surface area contributed by atoms with Crippen molar-refractivity contribution in [1.29, 1.82) is 0 Å². The van der Waals surface area contributed by atoms with E-state index < -0.39 is 26.2 Å². The predicted molar refractivity (Wildman–Crippen MR) is 117 cm³/mol. The summed E-state index contributed by atoms with van der Waals surface area (Å²) in [6.45, 7) is 3.23. The van der Waals surface area contributed by atoms with E-state index in [1.54, 1.807) is 13.8 Å². The molecule has 13 heteroatoms. The molecular weight excluding hydrogens is 506 g/mol. The van der Waals surface area contributed by atoms with Crippen LogP contribution in [0, 0.1) is 5.82 Å². The van der Waals surface area contributed by atoms with Gasteiger partial charge >= 0.3 is 0 Å². The average Bonchev–Trinajstić information content (AvgIpc) is 3.27. The van der Waals surface area contributed by atoms with Gasteiger partial charge in [-0.05, 0) is 31.5 Å². The summed E-state index contributed by atoms with van der Waals surface area (Å²) in [7, 11) is -4.32. The Labute approximate surface area is 197 Å². The van der Waals surface area contributed by atoms with Crippen molar-refractivity contribution in [2.24, 2.45) is 0 Å². The molecule has 32 heavy (non-hydrogen) atoms. The predicted octanol–water partition coefficient (Wildman–Crippen LogP) is 4.79. The molecule has 0 radical (unpaired) electrons. The number of nitrogens with zero attached hydrogens (tertiary/aromatic N) is 3. The number of pyridine rings is 1. The zero-order chi connectivity index (χ0) is 23.4. The van der Waals surface area contributed by atoms with Gasteiger partial charge in [-0.15, -0.1) is 0 Å². The highest BCUT2D eigenvalue weighted by molar-refractivity contribution is 7.92. The van der Waals surface area contributed by atoms with E-state index in [1.807, 2.05) is 0 Å². The van der Waals surface area contributed by atoms with Crippen LogP contribution in [0.25, 0.3) is 0 Å². The molecule has 0 unspecified atom stereocenters. The molecule has 3 heterocycles. The molecule has 1 N–H and O–H groups in total. The van der Waals surface area contributed by atoms with Crippen LogP contribution in [-0.2, 0) is 26.8 Å². The zero-order valence-corrected chi connectivity index (χ0v) is 19.6. The first kappa shape index (κ1) is 22.8. The Balaban J connectivity index is 1.70. The van der Waals surface area contributed by atoms with Gasteiger partial charge < -0.3 is 9.42 Å². The van der Waals surface area contributed by atoms with E-state index >= 15 is 0 Å². The van der Waals surface area contributed by atoms with Crippen LogP contribution in [0.1, 0.15) is 25.0 Å². The lowest BCUT2D eigenvalue weighted by molar-refractivity contribution is -0.122. The Kier molecular flexibility index (Phi) is 5.61. The molecule has 0 bridgehead atoms. The zero-order valence-electron chi connectivity index (χ0n) is 16.5. The average molecular weight is 520 g/mol. The van der Waals surface area contributed by atoms with Gasteiger partial charge in [0, 0.05) is 16.7 Å². The largest absolute Gasteiger partial charge is 0.363 e. The van der Waals surface area contributed by atoms with Gasteiger partial charge in [0.1, 0.15) is 22.1 Å². The molecule has 3 aromatic rings. The van der Waals surface area contributed by atoms with Gasteiger partial charge in [0.25, 0.3) is 10.0 Å². The second-order valence-electron chi connectivity index (χ2n) is 7.50. The Morgan fingerprint density at radius 2 is 1.97 bits per heavy atom. The number of hydrogen-bond donors (Lipinski definition) is 1. The minimum atomic E-state index is -4.32. The highest BCUT2D eigenvalue weighted by atomic mass is 35.5. The quantitative estimate of drug-likeness (QED) is 0.486. The van der Waals surface area contributed by atoms with Crippen molar-refractivity contribution < 1.29 is 22.1 Å². The summed E-state index contributed by atoms with van der Waals surface area (Å²) in [6, 6.07) is 3.19. The summed E-state index contributed by atoms with van der Waals surface area (Å²) >= 11 is 18.6. The van der Waals surface area contributed by atoms with Crippen molar-refractivity contribution in [2.75, 3.05) is 9.62 Å². The van der Waals surface area contributed by atoms with Gasteiger partial charge in [-0.2, -0.15) is 0 Å². The number of aromatic nitrogens is 2. The number of nitrogens with one attached hydrogen (secondary N) is 1. The summed E-state index contributed by atoms with van der Waals surface area (Å²) < 4.78 is 46.5. The minimum Gasteiger partial charge on any atom is -0.363 e. The molecular formula is C19H14Cl3FN4O4S. The molecule has 1 aliphatic rings. The normalized spacial score (nSPS) is 15.2. The Morgan fingerprint density at radius 3 is 2.62 bits per heavy atom. The fraction of sp³-hybridized carbons (Fsp3) is 0.211. The van der Waals surface area contributed by atoms with E-state index in [0.29, 0.717) is 11.3 Å². The monoisotopic (exact) mass is 518 g/mol. The lowest BCUT2D eigenvalue weighted by atomic mass is 9.87. The van der Waals surface area contributed by atoms with Crippen molar-refractivity contribution in [1.82, 2.24) is 10.1 Å². The standard InChI is InChI=1S/C19H14Cl3FN4O4S/c1-19(2)15-12(7-24-17(22)16(15)21)27(18(19)28)8-9-5-11(23)13(6-10(9)20)32(29,30)26-14-3-4-31-25-14/h3-7H,8H2,1-2H3,(H,25,26). The van der Waals surface area contributed by atoms with E-state index in [4.69, 9.17) is 34.8 Å². The van der Waals surface area contributed by atoms with E-state index in [0.717, 1.165) is 18.4 Å². The SMILES string of the molecule is CC1(C)C(=O)N(Cc2cc(F)c(S(=O)(=O)Nc3ccon3)cc2Cl)c2cnc(Cl)c(Cl)c21. The molecule has 0 atom stereocenters. The minimum absolute atomic E-state index is 0.0565. The summed E-state index contributed by atoms with van der Waals surface area (Å²) in [5, 5.41) is 3.59. The number of sulfonamides is 1. The number of fused-ring (bicyclic) bond motifs is 1. The fourth-order valence-corrected chi connectivity index (χ4v) is 5.38. The van der Waals surface area contributed by atoms with Gasteiger partial charge in [-0.25, -0.2) is 17.8 Å². The first-order valence-corrected chi connectivity index (χ1v) is 11.6. The van der Waals surface area contributed by atoms with Gasteiger partial charge in [0.05, 0.1) is 28.9 Å². The van der Waals surface area contributed by atoms with Crippen molar-refractivity contribution >= 4 is 62.2 Å². The smallest absolute Gasteiger partial charge is 0.266 e. The number of anilines is 2. The maximum atomic E-state index is 14.8. The molecule has 1 amide bonds. The maximum absolute atomic E-state index is 14.8. The van der Waals surface area contributed by atoms with Gasteiger partial charge in [0.15, 0.2) is 5.82 Å². The van der Waals surface area contributed by atoms with Gasteiger partial charge in [-0.3, -0.25) is 9.52 Å². The van der Waals surface area contributed by atoms with Gasteiger partial charge in [0.2, 0.25) is 5.91 Å². The molecule has 0 spiro atoms. The van der Waals surface area contributed by atoms with Crippen LogP contribution < -0.4 is 9.62 Å². The molecule has 8 nitrogen and oxygen atoms in total. The summed E-state index contributed by atoms with van der Waals surface area (Å²) in [5.41, 5.74) is 0.0918.